The Bertz CT molecular complexity index is 24.9. The number of alkyl halides is 1. The van der Waals surface area contributed by atoms with Crippen molar-refractivity contribution in [3.8, 4) is 0 Å². The molecule has 0 saturated heterocycles. The van der Waals surface area contributed by atoms with E-state index in [9.17, 15) is 0 Å². The first-order valence-electron chi connectivity index (χ1n) is 2.28. The number of hydrogen-bond acceptors (Lipinski definition) is 0. The standard InChI is InChI=1S/C5H11Cl/c1-4(2)5(3)6/h4-5H,1-3H3. The highest BCUT2D eigenvalue weighted by molar-refractivity contribution is 6.20. The van der Waals surface area contributed by atoms with Crippen LogP contribution in [0.2, 0.25) is 0 Å². The van der Waals surface area contributed by atoms with E-state index in [4.69, 9.17) is 11.6 Å². The van der Waals surface area contributed by atoms with E-state index >= 15 is 0 Å². The maximum absolute atomic E-state index is 5.61. The van der Waals surface area contributed by atoms with Crippen LogP contribution in [0.3, 0.4) is 0 Å². The van der Waals surface area contributed by atoms with Gasteiger partial charge >= 0.3 is 0 Å². The Balaban J connectivity index is 2.99. The summed E-state index contributed by atoms with van der Waals surface area (Å²) in [4.78, 5) is 0. The lowest BCUT2D eigenvalue weighted by Crippen LogP contribution is -1.99. The van der Waals surface area contributed by atoms with Gasteiger partial charge in [0.1, 0.15) is 0 Å². The second kappa shape index (κ2) is 2.46. The van der Waals surface area contributed by atoms with E-state index in [2.05, 4.69) is 13.8 Å². The summed E-state index contributed by atoms with van der Waals surface area (Å²) in [6, 6.07) is 0. The molecule has 38 valence electrons. The van der Waals surface area contributed by atoms with Crippen LogP contribution >= 0.6 is 11.6 Å². The van der Waals surface area contributed by atoms with Gasteiger partial charge in [0.15, 0.2) is 0 Å². The summed E-state index contributed by atoms with van der Waals surface area (Å²) in [5.41, 5.74) is 0. The fourth-order valence-corrected chi connectivity index (χ4v) is 0. The van der Waals surface area contributed by atoms with E-state index in [0.29, 0.717) is 11.3 Å². The van der Waals surface area contributed by atoms with E-state index in [1.165, 1.54) is 0 Å². The summed E-state index contributed by atoms with van der Waals surface area (Å²) >= 11 is 5.61. The van der Waals surface area contributed by atoms with Crippen molar-refractivity contribution in [1.82, 2.24) is 0 Å². The summed E-state index contributed by atoms with van der Waals surface area (Å²) in [5, 5.41) is 0.324. The predicted molar refractivity (Wildman–Crippen MR) is 30.2 cm³/mol. The smallest absolute Gasteiger partial charge is 0.0330 e. The van der Waals surface area contributed by atoms with Gasteiger partial charge in [-0.05, 0) is 12.8 Å². The fraction of sp³-hybridized carbons (Fsp3) is 1.00. The van der Waals surface area contributed by atoms with Crippen LogP contribution < -0.4 is 0 Å². The molecule has 0 radical (unpaired) electrons. The molecule has 0 spiro atoms. The zero-order valence-electron chi connectivity index (χ0n) is 4.53. The molecule has 0 aliphatic rings. The number of rotatable bonds is 1. The molecular formula is C5H11Cl. The molecule has 0 amide bonds. The van der Waals surface area contributed by atoms with Crippen LogP contribution in [0.25, 0.3) is 0 Å². The van der Waals surface area contributed by atoms with Crippen LogP contribution in [0, 0.1) is 5.92 Å². The summed E-state index contributed by atoms with van der Waals surface area (Å²) in [6.45, 7) is 6.22. The lowest BCUT2D eigenvalue weighted by Gasteiger charge is -2.02. The van der Waals surface area contributed by atoms with E-state index in [-0.39, 0.29) is 0 Å². The SMILES string of the molecule is CC(C)C(C)Cl. The number of hydrogen-bond donors (Lipinski definition) is 0. The van der Waals surface area contributed by atoms with E-state index in [1.54, 1.807) is 0 Å². The first-order valence-corrected chi connectivity index (χ1v) is 2.72. The molecule has 6 heavy (non-hydrogen) atoms. The van der Waals surface area contributed by atoms with Crippen molar-refractivity contribution in [3.05, 3.63) is 0 Å². The van der Waals surface area contributed by atoms with Crippen LogP contribution in [-0.4, -0.2) is 5.38 Å². The molecule has 1 unspecified atom stereocenters. The predicted octanol–water partition coefficient (Wildman–Crippen LogP) is 2.27. The van der Waals surface area contributed by atoms with Crippen molar-refractivity contribution in [1.29, 1.82) is 0 Å². The molecule has 0 heterocycles. The molecule has 1 atom stereocenters. The van der Waals surface area contributed by atoms with Gasteiger partial charge in [0.2, 0.25) is 0 Å². The molecule has 0 saturated carbocycles. The lowest BCUT2D eigenvalue weighted by atomic mass is 10.2. The summed E-state index contributed by atoms with van der Waals surface area (Å²) in [6.07, 6.45) is 0. The fourth-order valence-electron chi connectivity index (χ4n) is 0. The van der Waals surface area contributed by atoms with Gasteiger partial charge in [0.25, 0.3) is 0 Å². The third kappa shape index (κ3) is 2.52. The van der Waals surface area contributed by atoms with Gasteiger partial charge in [-0.1, -0.05) is 13.8 Å². The van der Waals surface area contributed by atoms with Crippen LogP contribution in [0.1, 0.15) is 20.8 Å². The maximum Gasteiger partial charge on any atom is 0.0330 e. The van der Waals surface area contributed by atoms with Crippen molar-refractivity contribution in [3.63, 3.8) is 0 Å². The van der Waals surface area contributed by atoms with E-state index in [1.807, 2.05) is 6.92 Å². The third-order valence-corrected chi connectivity index (χ3v) is 1.42. The molecule has 0 fully saturated rings. The average molecular weight is 107 g/mol. The van der Waals surface area contributed by atoms with Gasteiger partial charge in [-0.15, -0.1) is 11.6 Å². The molecule has 0 aromatic heterocycles. The molecule has 0 aliphatic heterocycles. The minimum atomic E-state index is 0.324. The normalized spacial score (nSPS) is 15.5. The second-order valence-electron chi connectivity index (χ2n) is 1.92. The Morgan fingerprint density at radius 3 is 1.33 bits per heavy atom. The summed E-state index contributed by atoms with van der Waals surface area (Å²) in [7, 11) is 0. The quantitative estimate of drug-likeness (QED) is 0.450. The molecule has 0 aliphatic carbocycles. The largest absolute Gasteiger partial charge is 0.123 e. The van der Waals surface area contributed by atoms with Crippen molar-refractivity contribution in [2.24, 2.45) is 5.92 Å². The highest BCUT2D eigenvalue weighted by Crippen LogP contribution is 2.05. The first-order chi connectivity index (χ1) is 2.64. The van der Waals surface area contributed by atoms with Crippen LogP contribution in [-0.2, 0) is 0 Å². The minimum Gasteiger partial charge on any atom is -0.123 e. The molecule has 0 aromatic rings. The highest BCUT2D eigenvalue weighted by atomic mass is 35.5. The zero-order chi connectivity index (χ0) is 5.15. The molecule has 0 rings (SSSR count). The van der Waals surface area contributed by atoms with Crippen molar-refractivity contribution >= 4 is 11.6 Å². The molecule has 0 aromatic carbocycles. The van der Waals surface area contributed by atoms with Gasteiger partial charge in [-0.3, -0.25) is 0 Å². The van der Waals surface area contributed by atoms with E-state index in [0.717, 1.165) is 0 Å². The summed E-state index contributed by atoms with van der Waals surface area (Å²) in [5.74, 6) is 0.617. The van der Waals surface area contributed by atoms with Gasteiger partial charge in [0, 0.05) is 5.38 Å². The number of halogens is 1. The second-order valence-corrected chi connectivity index (χ2v) is 2.61. The van der Waals surface area contributed by atoms with Crippen molar-refractivity contribution < 1.29 is 0 Å². The maximum atomic E-state index is 5.61. The van der Waals surface area contributed by atoms with Gasteiger partial charge < -0.3 is 0 Å². The van der Waals surface area contributed by atoms with Gasteiger partial charge in [-0.2, -0.15) is 0 Å². The monoisotopic (exact) mass is 106 g/mol. The van der Waals surface area contributed by atoms with Crippen molar-refractivity contribution in [2.45, 2.75) is 26.1 Å². The average Bonchev–Trinajstić information content (AvgIpc) is 1.36. The highest BCUT2D eigenvalue weighted by Gasteiger charge is 1.98. The zero-order valence-corrected chi connectivity index (χ0v) is 5.29. The van der Waals surface area contributed by atoms with Crippen LogP contribution in [0.5, 0.6) is 0 Å². The van der Waals surface area contributed by atoms with Gasteiger partial charge in [-0.25, -0.2) is 0 Å². The Morgan fingerprint density at radius 2 is 1.33 bits per heavy atom. The summed E-state index contributed by atoms with van der Waals surface area (Å²) < 4.78 is 0. The molecule has 0 N–H and O–H groups in total. The van der Waals surface area contributed by atoms with Crippen LogP contribution in [0.4, 0.5) is 0 Å². The van der Waals surface area contributed by atoms with E-state index < -0.39 is 0 Å². The Hall–Kier alpha value is 0.290. The lowest BCUT2D eigenvalue weighted by molar-refractivity contribution is 0.635. The third-order valence-electron chi connectivity index (χ3n) is 0.919. The van der Waals surface area contributed by atoms with Gasteiger partial charge in [0.05, 0.1) is 0 Å². The first kappa shape index (κ1) is 6.29. The Kier molecular flexibility index (Phi) is 2.58. The molecule has 1 heteroatoms. The van der Waals surface area contributed by atoms with Crippen LogP contribution in [0.15, 0.2) is 0 Å². The Labute approximate surface area is 44.5 Å². The van der Waals surface area contributed by atoms with Crippen molar-refractivity contribution in [2.75, 3.05) is 0 Å². The minimum absolute atomic E-state index is 0.324. The molecule has 0 nitrogen and oxygen atoms in total. The molecular weight excluding hydrogens is 95.5 g/mol. The molecule has 0 bridgehead atoms. The Morgan fingerprint density at radius 1 is 1.17 bits per heavy atom. The topological polar surface area (TPSA) is 0 Å².